The highest BCUT2D eigenvalue weighted by Crippen LogP contribution is 2.06. The number of rotatable bonds is 5. The van der Waals surface area contributed by atoms with Crippen LogP contribution < -0.4 is 10.9 Å². The second kappa shape index (κ2) is 6.48. The summed E-state index contributed by atoms with van der Waals surface area (Å²) in [5.41, 5.74) is 1.49. The third-order valence-corrected chi connectivity index (χ3v) is 2.77. The fraction of sp³-hybridized carbons (Fsp3) is 0.286. The molecule has 0 amide bonds. The lowest BCUT2D eigenvalue weighted by atomic mass is 10.2. The Bertz CT molecular complexity index is 686. The van der Waals surface area contributed by atoms with Gasteiger partial charge in [-0.05, 0) is 12.5 Å². The maximum absolute atomic E-state index is 12.0. The fourth-order valence-electron chi connectivity index (χ4n) is 1.75. The van der Waals surface area contributed by atoms with Crippen LogP contribution in [0.5, 0.6) is 0 Å². The van der Waals surface area contributed by atoms with Crippen LogP contribution >= 0.6 is 0 Å². The van der Waals surface area contributed by atoms with Crippen molar-refractivity contribution in [2.45, 2.75) is 19.9 Å². The van der Waals surface area contributed by atoms with Gasteiger partial charge in [-0.25, -0.2) is 9.67 Å². The molecule has 6 heteroatoms. The Morgan fingerprint density at radius 3 is 3.05 bits per heavy atom. The first-order chi connectivity index (χ1) is 9.74. The summed E-state index contributed by atoms with van der Waals surface area (Å²) in [7, 11) is 0. The zero-order valence-corrected chi connectivity index (χ0v) is 11.2. The molecule has 0 saturated carbocycles. The van der Waals surface area contributed by atoms with Crippen molar-refractivity contribution in [3.8, 4) is 6.07 Å². The van der Waals surface area contributed by atoms with Gasteiger partial charge in [0, 0.05) is 24.4 Å². The van der Waals surface area contributed by atoms with E-state index in [2.05, 4.69) is 15.4 Å². The molecule has 0 radical (unpaired) electrons. The highest BCUT2D eigenvalue weighted by molar-refractivity contribution is 5.38. The first-order valence-corrected chi connectivity index (χ1v) is 6.39. The minimum atomic E-state index is -0.209. The van der Waals surface area contributed by atoms with Crippen LogP contribution in [0.2, 0.25) is 0 Å². The van der Waals surface area contributed by atoms with Crippen LogP contribution in [0.15, 0.2) is 35.4 Å². The number of hydrogen-bond donors (Lipinski definition) is 1. The molecule has 2 rings (SSSR count). The second-order valence-electron chi connectivity index (χ2n) is 4.29. The number of hydrogen-bond acceptors (Lipinski definition) is 5. The summed E-state index contributed by atoms with van der Waals surface area (Å²) in [6.07, 6.45) is 4.14. The van der Waals surface area contributed by atoms with Crippen molar-refractivity contribution >= 4 is 5.69 Å². The van der Waals surface area contributed by atoms with Crippen LogP contribution in [0.25, 0.3) is 0 Å². The Morgan fingerprint density at radius 2 is 2.35 bits per heavy atom. The van der Waals surface area contributed by atoms with E-state index in [-0.39, 0.29) is 12.1 Å². The van der Waals surface area contributed by atoms with Crippen molar-refractivity contribution in [2.24, 2.45) is 0 Å². The summed E-state index contributed by atoms with van der Waals surface area (Å²) in [6.45, 7) is 3.09. The van der Waals surface area contributed by atoms with E-state index >= 15 is 0 Å². The highest BCUT2D eigenvalue weighted by Gasteiger charge is 2.06. The average molecular weight is 269 g/mol. The minimum Gasteiger partial charge on any atom is -0.384 e. The molecule has 0 unspecified atom stereocenters. The third-order valence-electron chi connectivity index (χ3n) is 2.77. The van der Waals surface area contributed by atoms with Crippen LogP contribution in [0.4, 0.5) is 5.69 Å². The molecule has 0 aliphatic rings. The van der Waals surface area contributed by atoms with Gasteiger partial charge in [-0.15, -0.1) is 0 Å². The summed E-state index contributed by atoms with van der Waals surface area (Å²) in [6, 6.07) is 7.01. The normalized spacial score (nSPS) is 10.0. The maximum Gasteiger partial charge on any atom is 0.269 e. The Labute approximate surface area is 116 Å². The van der Waals surface area contributed by atoms with Crippen molar-refractivity contribution in [1.29, 1.82) is 5.26 Å². The van der Waals surface area contributed by atoms with Gasteiger partial charge in [-0.3, -0.25) is 4.79 Å². The maximum atomic E-state index is 12.0. The van der Waals surface area contributed by atoms with E-state index < -0.39 is 0 Å². The van der Waals surface area contributed by atoms with Crippen LogP contribution in [-0.2, 0) is 6.54 Å². The highest BCUT2D eigenvalue weighted by atomic mass is 16.1. The van der Waals surface area contributed by atoms with Gasteiger partial charge in [0.15, 0.2) is 0 Å². The third kappa shape index (κ3) is 3.20. The van der Waals surface area contributed by atoms with Gasteiger partial charge in [-0.2, -0.15) is 10.4 Å². The van der Waals surface area contributed by atoms with Crippen LogP contribution in [0.1, 0.15) is 24.6 Å². The molecular weight excluding hydrogens is 254 g/mol. The topological polar surface area (TPSA) is 83.6 Å². The molecule has 2 aromatic rings. The molecule has 20 heavy (non-hydrogen) atoms. The summed E-state index contributed by atoms with van der Waals surface area (Å²) in [5.74, 6) is 0. The second-order valence-corrected chi connectivity index (χ2v) is 4.29. The van der Waals surface area contributed by atoms with Crippen molar-refractivity contribution in [1.82, 2.24) is 14.8 Å². The molecule has 1 N–H and O–H groups in total. The van der Waals surface area contributed by atoms with E-state index in [0.717, 1.165) is 13.0 Å². The predicted molar refractivity (Wildman–Crippen MR) is 75.3 cm³/mol. The number of aromatic nitrogens is 3. The Kier molecular flexibility index (Phi) is 4.45. The molecule has 0 fully saturated rings. The zero-order chi connectivity index (χ0) is 14.4. The molecule has 0 spiro atoms. The number of anilines is 1. The van der Waals surface area contributed by atoms with Gasteiger partial charge in [-0.1, -0.05) is 13.0 Å². The molecule has 0 saturated heterocycles. The molecule has 0 atom stereocenters. The predicted octanol–water partition coefficient (Wildman–Crippen LogP) is 1.38. The largest absolute Gasteiger partial charge is 0.384 e. The number of pyridine rings is 1. The molecule has 0 aliphatic heterocycles. The zero-order valence-electron chi connectivity index (χ0n) is 11.2. The number of nitrogens with zero attached hydrogens (tertiary/aromatic N) is 4. The van der Waals surface area contributed by atoms with Crippen LogP contribution in [0, 0.1) is 11.3 Å². The van der Waals surface area contributed by atoms with E-state index in [1.165, 1.54) is 10.7 Å². The van der Waals surface area contributed by atoms with Crippen LogP contribution in [-0.4, -0.2) is 21.3 Å². The summed E-state index contributed by atoms with van der Waals surface area (Å²) >= 11 is 0. The van der Waals surface area contributed by atoms with Gasteiger partial charge in [0.1, 0.15) is 11.8 Å². The van der Waals surface area contributed by atoms with E-state index in [4.69, 9.17) is 5.26 Å². The molecule has 102 valence electrons. The number of nitriles is 1. The van der Waals surface area contributed by atoms with E-state index in [9.17, 15) is 4.79 Å². The van der Waals surface area contributed by atoms with E-state index in [1.807, 2.05) is 13.0 Å². The standard InChI is InChI=1S/C14H15N5O/c1-2-5-16-12-7-14(20)19(18-9-12)10-11-4-3-6-17-13(11)8-15/h3-4,6-7,9,16H,2,5,10H2,1H3. The lowest BCUT2D eigenvalue weighted by Gasteiger charge is -2.08. The van der Waals surface area contributed by atoms with Gasteiger partial charge in [0.05, 0.1) is 18.4 Å². The van der Waals surface area contributed by atoms with E-state index in [0.29, 0.717) is 16.9 Å². The van der Waals surface area contributed by atoms with Crippen molar-refractivity contribution in [2.75, 3.05) is 11.9 Å². The lowest BCUT2D eigenvalue weighted by molar-refractivity contribution is 0.637. The lowest BCUT2D eigenvalue weighted by Crippen LogP contribution is -2.23. The summed E-state index contributed by atoms with van der Waals surface area (Å²) < 4.78 is 1.31. The molecule has 0 aromatic carbocycles. The van der Waals surface area contributed by atoms with Crippen molar-refractivity contribution in [3.63, 3.8) is 0 Å². The first kappa shape index (κ1) is 13.7. The fourth-order valence-corrected chi connectivity index (χ4v) is 1.75. The van der Waals surface area contributed by atoms with Crippen molar-refractivity contribution < 1.29 is 0 Å². The SMILES string of the molecule is CCCNc1cnn(Cc2cccnc2C#N)c(=O)c1. The van der Waals surface area contributed by atoms with E-state index in [1.54, 1.807) is 24.5 Å². The summed E-state index contributed by atoms with van der Waals surface area (Å²) in [4.78, 5) is 15.9. The molecule has 2 aromatic heterocycles. The monoisotopic (exact) mass is 269 g/mol. The Hall–Kier alpha value is -2.68. The Balaban J connectivity index is 2.22. The first-order valence-electron chi connectivity index (χ1n) is 6.39. The molecule has 0 bridgehead atoms. The van der Waals surface area contributed by atoms with Gasteiger partial charge in [0.25, 0.3) is 5.56 Å². The van der Waals surface area contributed by atoms with Gasteiger partial charge in [0.2, 0.25) is 0 Å². The number of nitrogens with one attached hydrogen (secondary N) is 1. The molecule has 2 heterocycles. The molecule has 6 nitrogen and oxygen atoms in total. The smallest absolute Gasteiger partial charge is 0.269 e. The Morgan fingerprint density at radius 1 is 1.50 bits per heavy atom. The summed E-state index contributed by atoms with van der Waals surface area (Å²) in [5, 5.41) is 16.2. The van der Waals surface area contributed by atoms with Gasteiger partial charge >= 0.3 is 0 Å². The molecule has 0 aliphatic carbocycles. The quantitative estimate of drug-likeness (QED) is 0.886. The van der Waals surface area contributed by atoms with Crippen LogP contribution in [0.3, 0.4) is 0 Å². The molecular formula is C14H15N5O. The average Bonchev–Trinajstić information content (AvgIpc) is 2.48. The van der Waals surface area contributed by atoms with Gasteiger partial charge < -0.3 is 5.32 Å². The minimum absolute atomic E-state index is 0.209. The van der Waals surface area contributed by atoms with Crippen molar-refractivity contribution in [3.05, 3.63) is 52.2 Å².